The van der Waals surface area contributed by atoms with E-state index in [0.717, 1.165) is 0 Å². The van der Waals surface area contributed by atoms with Gasteiger partial charge >= 0.3 is 5.97 Å². The Morgan fingerprint density at radius 1 is 1.52 bits per heavy atom. The zero-order chi connectivity index (χ0) is 15.6. The fourth-order valence-corrected chi connectivity index (χ4v) is 2.10. The van der Waals surface area contributed by atoms with E-state index in [1.54, 1.807) is 0 Å². The van der Waals surface area contributed by atoms with Crippen molar-refractivity contribution in [2.45, 2.75) is 32.7 Å². The summed E-state index contributed by atoms with van der Waals surface area (Å²) in [5.41, 5.74) is -0.449. The van der Waals surface area contributed by atoms with E-state index in [2.05, 4.69) is 15.3 Å². The van der Waals surface area contributed by atoms with Crippen LogP contribution in [0.1, 0.15) is 35.9 Å². The number of hydrogen-bond acceptors (Lipinski definition) is 5. The minimum absolute atomic E-state index is 0.0155. The maximum absolute atomic E-state index is 12.3. The maximum Gasteiger partial charge on any atom is 0.326 e. The van der Waals surface area contributed by atoms with Crippen LogP contribution in [0.25, 0.3) is 11.1 Å². The Morgan fingerprint density at radius 2 is 2.24 bits per heavy atom. The summed E-state index contributed by atoms with van der Waals surface area (Å²) in [5.74, 6) is -1.57. The van der Waals surface area contributed by atoms with E-state index in [1.165, 1.54) is 13.3 Å². The number of aromatic amines is 1. The highest BCUT2D eigenvalue weighted by Gasteiger charge is 2.25. The zero-order valence-electron chi connectivity index (χ0n) is 11.6. The van der Waals surface area contributed by atoms with Crippen LogP contribution in [0.5, 0.6) is 0 Å². The Labute approximate surface area is 119 Å². The number of amides is 1. The minimum Gasteiger partial charge on any atom is -0.480 e. The van der Waals surface area contributed by atoms with Gasteiger partial charge in [-0.25, -0.2) is 9.78 Å². The molecular formula is C13H15N3O5. The van der Waals surface area contributed by atoms with Gasteiger partial charge in [-0.3, -0.25) is 9.59 Å². The first-order chi connectivity index (χ1) is 9.95. The summed E-state index contributed by atoms with van der Waals surface area (Å²) in [4.78, 5) is 41.4. The second-order valence-corrected chi connectivity index (χ2v) is 4.60. The molecule has 0 aromatic carbocycles. The molecule has 8 heteroatoms. The molecule has 0 aliphatic rings. The normalized spacial score (nSPS) is 12.3. The highest BCUT2D eigenvalue weighted by atomic mass is 16.4. The number of carbonyl (C=O) groups is 2. The van der Waals surface area contributed by atoms with Gasteiger partial charge in [0, 0.05) is 0 Å². The molecule has 1 atom stereocenters. The van der Waals surface area contributed by atoms with Crippen molar-refractivity contribution in [3.8, 4) is 0 Å². The fraction of sp³-hybridized carbons (Fsp3) is 0.385. The molecule has 21 heavy (non-hydrogen) atoms. The van der Waals surface area contributed by atoms with Crippen molar-refractivity contribution < 1.29 is 19.1 Å². The lowest BCUT2D eigenvalue weighted by Gasteiger charge is -2.13. The third-order valence-corrected chi connectivity index (χ3v) is 3.08. The number of nitrogens with one attached hydrogen (secondary N) is 2. The highest BCUT2D eigenvalue weighted by molar-refractivity contribution is 6.07. The van der Waals surface area contributed by atoms with E-state index in [9.17, 15) is 14.4 Å². The molecule has 0 bridgehead atoms. The van der Waals surface area contributed by atoms with Crippen LogP contribution in [0, 0.1) is 6.92 Å². The Bertz CT molecular complexity index is 746. The highest BCUT2D eigenvalue weighted by Crippen LogP contribution is 2.20. The molecule has 0 saturated carbocycles. The number of carboxylic acids is 1. The van der Waals surface area contributed by atoms with E-state index in [-0.39, 0.29) is 22.4 Å². The van der Waals surface area contributed by atoms with Crippen molar-refractivity contribution in [3.63, 3.8) is 0 Å². The summed E-state index contributed by atoms with van der Waals surface area (Å²) in [6.45, 7) is 3.33. The number of aliphatic carboxylic acids is 1. The molecule has 2 aromatic rings. The van der Waals surface area contributed by atoms with Crippen LogP contribution in [-0.4, -0.2) is 33.0 Å². The number of fused-ring (bicyclic) bond motifs is 1. The van der Waals surface area contributed by atoms with E-state index in [0.29, 0.717) is 12.8 Å². The topological polar surface area (TPSA) is 125 Å². The summed E-state index contributed by atoms with van der Waals surface area (Å²) in [7, 11) is 0. The van der Waals surface area contributed by atoms with Crippen LogP contribution in [0.2, 0.25) is 0 Å². The Morgan fingerprint density at radius 3 is 2.86 bits per heavy atom. The molecule has 1 amide bonds. The smallest absolute Gasteiger partial charge is 0.326 e. The van der Waals surface area contributed by atoms with E-state index < -0.39 is 23.5 Å². The van der Waals surface area contributed by atoms with Crippen LogP contribution in [0.15, 0.2) is 15.5 Å². The van der Waals surface area contributed by atoms with Crippen LogP contribution in [0.3, 0.4) is 0 Å². The summed E-state index contributed by atoms with van der Waals surface area (Å²) in [6, 6.07) is -1.01. The standard InChI is InChI=1S/C13H15N3O5/c1-3-4-7(13(19)20)16-11(18)8-6(2)21-12-9(8)10(17)14-5-15-12/h5,7H,3-4H2,1-2H3,(H,16,18)(H,19,20)(H,14,15,17)/t7-/m0/s1. The predicted molar refractivity (Wildman–Crippen MR) is 73.2 cm³/mol. The molecule has 0 saturated heterocycles. The van der Waals surface area contributed by atoms with Crippen molar-refractivity contribution in [1.82, 2.24) is 15.3 Å². The summed E-state index contributed by atoms with van der Waals surface area (Å²) < 4.78 is 5.26. The summed E-state index contributed by atoms with van der Waals surface area (Å²) >= 11 is 0. The summed E-state index contributed by atoms with van der Waals surface area (Å²) in [6.07, 6.45) is 2.07. The van der Waals surface area contributed by atoms with E-state index in [4.69, 9.17) is 9.52 Å². The third kappa shape index (κ3) is 2.78. The molecular weight excluding hydrogens is 278 g/mol. The van der Waals surface area contributed by atoms with Gasteiger partial charge in [-0.15, -0.1) is 0 Å². The number of rotatable bonds is 5. The lowest BCUT2D eigenvalue weighted by atomic mass is 10.1. The number of carbonyl (C=O) groups excluding carboxylic acids is 1. The Kier molecular flexibility index (Phi) is 4.06. The molecule has 8 nitrogen and oxygen atoms in total. The molecule has 2 aromatic heterocycles. The fourth-order valence-electron chi connectivity index (χ4n) is 2.10. The van der Waals surface area contributed by atoms with Gasteiger partial charge in [0.05, 0.1) is 11.9 Å². The van der Waals surface area contributed by atoms with E-state index in [1.807, 2.05) is 6.92 Å². The van der Waals surface area contributed by atoms with Crippen molar-refractivity contribution >= 4 is 23.0 Å². The van der Waals surface area contributed by atoms with Crippen LogP contribution >= 0.6 is 0 Å². The van der Waals surface area contributed by atoms with Crippen molar-refractivity contribution in [2.24, 2.45) is 0 Å². The molecule has 0 spiro atoms. The number of carboxylic acid groups (broad SMARTS) is 1. The SMILES string of the molecule is CCC[C@H](NC(=O)c1c(C)oc2nc[nH]c(=O)c12)C(=O)O. The largest absolute Gasteiger partial charge is 0.480 e. The lowest BCUT2D eigenvalue weighted by Crippen LogP contribution is -2.41. The van der Waals surface area contributed by atoms with Gasteiger partial charge < -0.3 is 19.8 Å². The van der Waals surface area contributed by atoms with Gasteiger partial charge in [-0.1, -0.05) is 13.3 Å². The van der Waals surface area contributed by atoms with Crippen molar-refractivity contribution in [2.75, 3.05) is 0 Å². The molecule has 0 fully saturated rings. The molecule has 2 heterocycles. The van der Waals surface area contributed by atoms with E-state index >= 15 is 0 Å². The maximum atomic E-state index is 12.3. The molecule has 112 valence electrons. The second kappa shape index (κ2) is 5.78. The van der Waals surface area contributed by atoms with Gasteiger partial charge in [0.15, 0.2) is 0 Å². The quantitative estimate of drug-likeness (QED) is 0.749. The van der Waals surface area contributed by atoms with Crippen LogP contribution in [-0.2, 0) is 4.79 Å². The third-order valence-electron chi connectivity index (χ3n) is 3.08. The number of furan rings is 1. The average molecular weight is 293 g/mol. The average Bonchev–Trinajstić information content (AvgIpc) is 2.75. The van der Waals surface area contributed by atoms with Crippen LogP contribution in [0.4, 0.5) is 0 Å². The minimum atomic E-state index is -1.12. The first-order valence-electron chi connectivity index (χ1n) is 6.46. The number of hydrogen-bond donors (Lipinski definition) is 3. The summed E-state index contributed by atoms with van der Waals surface area (Å²) in [5, 5.41) is 11.5. The molecule has 0 unspecified atom stereocenters. The Balaban J connectivity index is 2.42. The van der Waals surface area contributed by atoms with Crippen molar-refractivity contribution in [1.29, 1.82) is 0 Å². The molecule has 2 rings (SSSR count). The predicted octanol–water partition coefficient (Wildman–Crippen LogP) is 0.808. The van der Waals surface area contributed by atoms with Gasteiger partial charge in [-0.05, 0) is 13.3 Å². The zero-order valence-corrected chi connectivity index (χ0v) is 11.6. The number of aryl methyl sites for hydroxylation is 1. The van der Waals surface area contributed by atoms with Crippen LogP contribution < -0.4 is 10.9 Å². The first-order valence-corrected chi connectivity index (χ1v) is 6.46. The monoisotopic (exact) mass is 293 g/mol. The Hall–Kier alpha value is -2.64. The van der Waals surface area contributed by atoms with Gasteiger partial charge in [-0.2, -0.15) is 0 Å². The molecule has 0 aliphatic carbocycles. The second-order valence-electron chi connectivity index (χ2n) is 4.60. The first kappa shape index (κ1) is 14.8. The number of nitrogens with zero attached hydrogens (tertiary/aromatic N) is 1. The van der Waals surface area contributed by atoms with Gasteiger partial charge in [0.2, 0.25) is 5.71 Å². The van der Waals surface area contributed by atoms with Crippen molar-refractivity contribution in [3.05, 3.63) is 28.0 Å². The lowest BCUT2D eigenvalue weighted by molar-refractivity contribution is -0.139. The molecule has 3 N–H and O–H groups in total. The number of H-pyrrole nitrogens is 1. The number of aromatic nitrogens is 2. The van der Waals surface area contributed by atoms with Gasteiger partial charge in [0.25, 0.3) is 11.5 Å². The molecule has 0 radical (unpaired) electrons. The molecule has 0 aliphatic heterocycles. The van der Waals surface area contributed by atoms with Gasteiger partial charge in [0.1, 0.15) is 17.2 Å².